The Labute approximate surface area is 191 Å². The number of carbonyl (C=O) groups excluding carboxylic acids is 2. The zero-order chi connectivity index (χ0) is 23.2. The van der Waals surface area contributed by atoms with Crippen LogP contribution >= 0.6 is 11.6 Å². The topological polar surface area (TPSA) is 96.4 Å². The van der Waals surface area contributed by atoms with Gasteiger partial charge < -0.3 is 15.2 Å². The SMILES string of the molecule is CCOC(=O)C1=C(N)OC2=C(C(=O)CC(C)(C)C2)C1c1c(C)nn(-c2ccccc2)c1Cl. The molecule has 2 heterocycles. The smallest absolute Gasteiger partial charge is 0.340 e. The van der Waals surface area contributed by atoms with Gasteiger partial charge in [0, 0.05) is 24.0 Å². The molecule has 1 unspecified atom stereocenters. The third kappa shape index (κ3) is 3.71. The van der Waals surface area contributed by atoms with Crippen molar-refractivity contribution in [3.8, 4) is 5.69 Å². The lowest BCUT2D eigenvalue weighted by Crippen LogP contribution is -2.36. The van der Waals surface area contributed by atoms with Gasteiger partial charge in [0.2, 0.25) is 5.88 Å². The summed E-state index contributed by atoms with van der Waals surface area (Å²) in [6.07, 6.45) is 0.843. The van der Waals surface area contributed by atoms with Crippen LogP contribution in [-0.4, -0.2) is 28.1 Å². The normalized spacial score (nSPS) is 20.2. The number of ketones is 1. The Hall–Kier alpha value is -3.06. The van der Waals surface area contributed by atoms with Gasteiger partial charge in [0.25, 0.3) is 0 Å². The number of rotatable bonds is 4. The van der Waals surface area contributed by atoms with Crippen molar-refractivity contribution in [2.75, 3.05) is 6.61 Å². The number of hydrogen-bond donors (Lipinski definition) is 1. The zero-order valence-corrected chi connectivity index (χ0v) is 19.3. The van der Waals surface area contributed by atoms with Gasteiger partial charge in [-0.25, -0.2) is 9.48 Å². The molecule has 1 aromatic carbocycles. The average Bonchev–Trinajstić information content (AvgIpc) is 3.00. The third-order valence-corrected chi connectivity index (χ3v) is 6.15. The van der Waals surface area contributed by atoms with E-state index in [1.807, 2.05) is 44.2 Å². The zero-order valence-electron chi connectivity index (χ0n) is 18.6. The van der Waals surface area contributed by atoms with E-state index in [-0.39, 0.29) is 29.3 Å². The summed E-state index contributed by atoms with van der Waals surface area (Å²) >= 11 is 6.84. The maximum absolute atomic E-state index is 13.3. The molecule has 0 amide bonds. The number of benzene rings is 1. The number of aryl methyl sites for hydroxylation is 1. The Balaban J connectivity index is 1.95. The van der Waals surface area contributed by atoms with Gasteiger partial charge in [0.1, 0.15) is 16.5 Å². The number of carbonyl (C=O) groups is 2. The van der Waals surface area contributed by atoms with Gasteiger partial charge in [-0.3, -0.25) is 4.79 Å². The van der Waals surface area contributed by atoms with Crippen molar-refractivity contribution in [3.63, 3.8) is 0 Å². The van der Waals surface area contributed by atoms with Crippen molar-refractivity contribution in [1.82, 2.24) is 9.78 Å². The van der Waals surface area contributed by atoms with E-state index in [9.17, 15) is 9.59 Å². The van der Waals surface area contributed by atoms with Crippen LogP contribution in [0.25, 0.3) is 5.69 Å². The van der Waals surface area contributed by atoms with Crippen molar-refractivity contribution < 1.29 is 19.1 Å². The Morgan fingerprint density at radius 2 is 2.00 bits per heavy atom. The summed E-state index contributed by atoms with van der Waals surface area (Å²) in [5, 5.41) is 4.91. The molecule has 168 valence electrons. The highest BCUT2D eigenvalue weighted by Gasteiger charge is 2.46. The lowest BCUT2D eigenvalue weighted by Gasteiger charge is -2.37. The number of halogens is 1. The maximum atomic E-state index is 13.3. The van der Waals surface area contributed by atoms with Crippen LogP contribution in [-0.2, 0) is 19.1 Å². The van der Waals surface area contributed by atoms with E-state index in [0.717, 1.165) is 5.69 Å². The first-order chi connectivity index (χ1) is 15.1. The molecule has 0 radical (unpaired) electrons. The highest BCUT2D eigenvalue weighted by Crippen LogP contribution is 2.50. The fraction of sp³-hybridized carbons (Fsp3) is 0.375. The van der Waals surface area contributed by atoms with E-state index in [4.69, 9.17) is 26.8 Å². The summed E-state index contributed by atoms with van der Waals surface area (Å²) in [6.45, 7) is 7.66. The fourth-order valence-electron chi connectivity index (χ4n) is 4.46. The number of ether oxygens (including phenoxy) is 2. The monoisotopic (exact) mass is 455 g/mol. The first-order valence-electron chi connectivity index (χ1n) is 10.6. The van der Waals surface area contributed by atoms with Gasteiger partial charge in [0.15, 0.2) is 5.78 Å². The number of allylic oxidation sites excluding steroid dienone is 2. The number of hydrogen-bond acceptors (Lipinski definition) is 6. The molecule has 1 aliphatic carbocycles. The van der Waals surface area contributed by atoms with E-state index in [2.05, 4.69) is 5.10 Å². The van der Waals surface area contributed by atoms with Crippen LogP contribution in [0.1, 0.15) is 50.8 Å². The van der Waals surface area contributed by atoms with E-state index in [1.54, 1.807) is 18.5 Å². The molecule has 4 rings (SSSR count). The van der Waals surface area contributed by atoms with Crippen LogP contribution in [0.15, 0.2) is 53.1 Å². The third-order valence-electron chi connectivity index (χ3n) is 5.79. The molecule has 2 N–H and O–H groups in total. The molecular formula is C24H26ClN3O4. The molecule has 0 fully saturated rings. The summed E-state index contributed by atoms with van der Waals surface area (Å²) in [4.78, 5) is 26.3. The molecule has 1 atom stereocenters. The first-order valence-corrected chi connectivity index (χ1v) is 10.9. The molecule has 32 heavy (non-hydrogen) atoms. The van der Waals surface area contributed by atoms with E-state index < -0.39 is 11.9 Å². The number of nitrogens with two attached hydrogens (primary N) is 1. The van der Waals surface area contributed by atoms with Gasteiger partial charge >= 0.3 is 5.97 Å². The average molecular weight is 456 g/mol. The number of nitrogens with zero attached hydrogens (tertiary/aromatic N) is 2. The molecule has 0 spiro atoms. The second kappa shape index (κ2) is 8.13. The predicted octanol–water partition coefficient (Wildman–Crippen LogP) is 4.32. The van der Waals surface area contributed by atoms with Crippen molar-refractivity contribution >= 4 is 23.4 Å². The van der Waals surface area contributed by atoms with Gasteiger partial charge in [-0.2, -0.15) is 5.10 Å². The molecule has 1 aromatic heterocycles. The van der Waals surface area contributed by atoms with Gasteiger partial charge in [-0.1, -0.05) is 43.6 Å². The minimum atomic E-state index is -0.814. The second-order valence-corrected chi connectivity index (χ2v) is 9.21. The number of para-hydroxylation sites is 1. The number of esters is 1. The van der Waals surface area contributed by atoms with Crippen molar-refractivity contribution in [1.29, 1.82) is 0 Å². The van der Waals surface area contributed by atoms with Crippen molar-refractivity contribution in [2.24, 2.45) is 11.1 Å². The Kier molecular flexibility index (Phi) is 5.63. The van der Waals surface area contributed by atoms with Crippen LogP contribution in [0, 0.1) is 12.3 Å². The van der Waals surface area contributed by atoms with Crippen LogP contribution in [0.4, 0.5) is 0 Å². The number of aromatic nitrogens is 2. The maximum Gasteiger partial charge on any atom is 0.340 e. The minimum absolute atomic E-state index is 0.0689. The summed E-state index contributed by atoms with van der Waals surface area (Å²) in [7, 11) is 0. The summed E-state index contributed by atoms with van der Waals surface area (Å²) in [5.41, 5.74) is 8.33. The molecular weight excluding hydrogens is 430 g/mol. The molecule has 7 nitrogen and oxygen atoms in total. The van der Waals surface area contributed by atoms with Crippen molar-refractivity contribution in [2.45, 2.75) is 46.5 Å². The molecule has 2 aromatic rings. The van der Waals surface area contributed by atoms with Gasteiger partial charge in [-0.05, 0) is 31.4 Å². The Morgan fingerprint density at radius 1 is 1.31 bits per heavy atom. The molecule has 0 saturated heterocycles. The van der Waals surface area contributed by atoms with Crippen LogP contribution in [0.5, 0.6) is 0 Å². The Morgan fingerprint density at radius 3 is 2.66 bits per heavy atom. The Bertz CT molecular complexity index is 1160. The van der Waals surface area contributed by atoms with Crippen LogP contribution in [0.2, 0.25) is 5.15 Å². The lowest BCUT2D eigenvalue weighted by molar-refractivity contribution is -0.139. The largest absolute Gasteiger partial charge is 0.462 e. The van der Waals surface area contributed by atoms with E-state index in [1.165, 1.54) is 0 Å². The highest BCUT2D eigenvalue weighted by atomic mass is 35.5. The second-order valence-electron chi connectivity index (χ2n) is 8.85. The van der Waals surface area contributed by atoms with Gasteiger partial charge in [0.05, 0.1) is 23.9 Å². The van der Waals surface area contributed by atoms with Gasteiger partial charge in [-0.15, -0.1) is 0 Å². The summed E-state index contributed by atoms with van der Waals surface area (Å²) < 4.78 is 12.7. The van der Waals surface area contributed by atoms with Crippen molar-refractivity contribution in [3.05, 3.63) is 69.5 Å². The standard InChI is InChI=1S/C24H26ClN3O4/c1-5-31-23(30)20-19(18-15(29)11-24(3,4)12-16(18)32-22(20)26)17-13(2)27-28(21(17)25)14-9-7-6-8-10-14/h6-10,19H,5,11-12,26H2,1-4H3. The molecule has 8 heteroatoms. The molecule has 0 saturated carbocycles. The lowest BCUT2D eigenvalue weighted by atomic mass is 9.70. The molecule has 2 aliphatic rings. The molecule has 0 bridgehead atoms. The van der Waals surface area contributed by atoms with Crippen LogP contribution in [0.3, 0.4) is 0 Å². The first kappa shape index (κ1) is 22.1. The minimum Gasteiger partial charge on any atom is -0.462 e. The predicted molar refractivity (Wildman–Crippen MR) is 120 cm³/mol. The fourth-order valence-corrected chi connectivity index (χ4v) is 4.84. The number of Topliss-reactive ketones (excluding diaryl/α,β-unsaturated/α-hetero) is 1. The summed E-state index contributed by atoms with van der Waals surface area (Å²) in [5.74, 6) is -1.14. The highest BCUT2D eigenvalue weighted by molar-refractivity contribution is 6.31. The molecule has 1 aliphatic heterocycles. The van der Waals surface area contributed by atoms with E-state index >= 15 is 0 Å². The quantitative estimate of drug-likeness (QED) is 0.689. The summed E-state index contributed by atoms with van der Waals surface area (Å²) in [6, 6.07) is 9.41. The van der Waals surface area contributed by atoms with Crippen LogP contribution < -0.4 is 5.73 Å². The van der Waals surface area contributed by atoms with E-state index in [0.29, 0.717) is 40.6 Å².